The normalized spacial score (nSPS) is 12.9. The maximum atomic E-state index is 6.00. The molecular weight excluding hydrogens is 198 g/mol. The second-order valence-electron chi connectivity index (χ2n) is 3.22. The standard InChI is InChI=1S/C11H16ClNO/c1-3-14-7-11(13)9-5-4-6-10(12)8(9)2/h4-6,11H,3,7,13H2,1-2H3. The van der Waals surface area contributed by atoms with Crippen LogP contribution in [0.4, 0.5) is 0 Å². The molecule has 2 N–H and O–H groups in total. The molecule has 0 saturated heterocycles. The molecule has 0 saturated carbocycles. The molecular formula is C11H16ClNO. The fraction of sp³-hybridized carbons (Fsp3) is 0.455. The quantitative estimate of drug-likeness (QED) is 0.835. The van der Waals surface area contributed by atoms with Crippen molar-refractivity contribution < 1.29 is 4.74 Å². The van der Waals surface area contributed by atoms with Gasteiger partial charge in [-0.1, -0.05) is 23.7 Å². The zero-order chi connectivity index (χ0) is 10.6. The van der Waals surface area contributed by atoms with E-state index in [1.54, 1.807) is 0 Å². The second kappa shape index (κ2) is 5.35. The molecule has 1 rings (SSSR count). The molecule has 78 valence electrons. The Morgan fingerprint density at radius 2 is 2.21 bits per heavy atom. The molecule has 1 unspecified atom stereocenters. The molecule has 1 atom stereocenters. The van der Waals surface area contributed by atoms with E-state index < -0.39 is 0 Å². The Hall–Kier alpha value is -0.570. The van der Waals surface area contributed by atoms with Crippen LogP contribution in [0, 0.1) is 6.92 Å². The smallest absolute Gasteiger partial charge is 0.0659 e. The van der Waals surface area contributed by atoms with Gasteiger partial charge in [0, 0.05) is 11.6 Å². The Morgan fingerprint density at radius 1 is 1.50 bits per heavy atom. The van der Waals surface area contributed by atoms with Gasteiger partial charge in [-0.05, 0) is 31.0 Å². The number of benzene rings is 1. The lowest BCUT2D eigenvalue weighted by molar-refractivity contribution is 0.133. The maximum absolute atomic E-state index is 6.00. The molecule has 0 aromatic heterocycles. The van der Waals surface area contributed by atoms with E-state index in [0.717, 1.165) is 16.1 Å². The van der Waals surface area contributed by atoms with Gasteiger partial charge >= 0.3 is 0 Å². The van der Waals surface area contributed by atoms with E-state index in [1.807, 2.05) is 32.0 Å². The first kappa shape index (κ1) is 11.5. The predicted octanol–water partition coefficient (Wildman–Crippen LogP) is 2.68. The van der Waals surface area contributed by atoms with Crippen LogP contribution in [0.2, 0.25) is 5.02 Å². The molecule has 1 aromatic rings. The third kappa shape index (κ3) is 2.71. The molecule has 0 heterocycles. The van der Waals surface area contributed by atoms with Crippen LogP contribution in [0.15, 0.2) is 18.2 Å². The lowest BCUT2D eigenvalue weighted by atomic mass is 10.0. The zero-order valence-electron chi connectivity index (χ0n) is 8.59. The molecule has 0 aliphatic carbocycles. The largest absolute Gasteiger partial charge is 0.380 e. The highest BCUT2D eigenvalue weighted by Crippen LogP contribution is 2.22. The molecule has 0 fully saturated rings. The van der Waals surface area contributed by atoms with Gasteiger partial charge in [-0.25, -0.2) is 0 Å². The topological polar surface area (TPSA) is 35.2 Å². The van der Waals surface area contributed by atoms with Gasteiger partial charge in [0.2, 0.25) is 0 Å². The second-order valence-corrected chi connectivity index (χ2v) is 3.63. The Kier molecular flexibility index (Phi) is 4.39. The SMILES string of the molecule is CCOCC(N)c1cccc(Cl)c1C. The van der Waals surface area contributed by atoms with Gasteiger partial charge in [-0.15, -0.1) is 0 Å². The molecule has 2 nitrogen and oxygen atoms in total. The van der Waals surface area contributed by atoms with Crippen LogP contribution >= 0.6 is 11.6 Å². The van der Waals surface area contributed by atoms with E-state index in [0.29, 0.717) is 13.2 Å². The van der Waals surface area contributed by atoms with Crippen molar-refractivity contribution in [3.63, 3.8) is 0 Å². The van der Waals surface area contributed by atoms with E-state index in [9.17, 15) is 0 Å². The van der Waals surface area contributed by atoms with Gasteiger partial charge in [-0.3, -0.25) is 0 Å². The molecule has 3 heteroatoms. The summed E-state index contributed by atoms with van der Waals surface area (Å²) in [7, 11) is 0. The summed E-state index contributed by atoms with van der Waals surface area (Å²) in [6, 6.07) is 5.68. The van der Waals surface area contributed by atoms with Gasteiger partial charge in [0.15, 0.2) is 0 Å². The van der Waals surface area contributed by atoms with Crippen LogP contribution in [0.1, 0.15) is 24.1 Å². The number of nitrogens with two attached hydrogens (primary N) is 1. The van der Waals surface area contributed by atoms with Gasteiger partial charge in [0.05, 0.1) is 12.6 Å². The first-order valence-corrected chi connectivity index (χ1v) is 5.13. The van der Waals surface area contributed by atoms with Crippen molar-refractivity contribution in [1.82, 2.24) is 0 Å². The average molecular weight is 214 g/mol. The van der Waals surface area contributed by atoms with Crippen LogP contribution in [0.25, 0.3) is 0 Å². The Morgan fingerprint density at radius 3 is 2.86 bits per heavy atom. The van der Waals surface area contributed by atoms with Crippen LogP contribution < -0.4 is 5.73 Å². The van der Waals surface area contributed by atoms with Crippen molar-refractivity contribution >= 4 is 11.6 Å². The summed E-state index contributed by atoms with van der Waals surface area (Å²) in [5.41, 5.74) is 8.07. The first-order chi connectivity index (χ1) is 6.66. The van der Waals surface area contributed by atoms with E-state index in [-0.39, 0.29) is 6.04 Å². The summed E-state index contributed by atoms with van der Waals surface area (Å²) < 4.78 is 5.28. The highest BCUT2D eigenvalue weighted by Gasteiger charge is 2.10. The highest BCUT2D eigenvalue weighted by atomic mass is 35.5. The minimum atomic E-state index is -0.0892. The lowest BCUT2D eigenvalue weighted by Crippen LogP contribution is -2.18. The molecule has 0 amide bonds. The average Bonchev–Trinajstić information content (AvgIpc) is 2.18. The fourth-order valence-electron chi connectivity index (χ4n) is 1.36. The van der Waals surface area contributed by atoms with Crippen molar-refractivity contribution in [1.29, 1.82) is 0 Å². The van der Waals surface area contributed by atoms with E-state index in [2.05, 4.69) is 0 Å². The minimum Gasteiger partial charge on any atom is -0.380 e. The third-order valence-electron chi connectivity index (χ3n) is 2.21. The summed E-state index contributed by atoms with van der Waals surface area (Å²) in [4.78, 5) is 0. The van der Waals surface area contributed by atoms with Crippen LogP contribution in [0.3, 0.4) is 0 Å². The number of ether oxygens (including phenoxy) is 1. The Balaban J connectivity index is 2.79. The van der Waals surface area contributed by atoms with Crippen LogP contribution in [0.5, 0.6) is 0 Å². The van der Waals surface area contributed by atoms with Gasteiger partial charge in [-0.2, -0.15) is 0 Å². The summed E-state index contributed by atoms with van der Waals surface area (Å²) in [5, 5.41) is 0.759. The summed E-state index contributed by atoms with van der Waals surface area (Å²) >= 11 is 6.00. The molecule has 1 aromatic carbocycles. The Bertz CT molecular complexity index is 301. The number of hydrogen-bond acceptors (Lipinski definition) is 2. The first-order valence-electron chi connectivity index (χ1n) is 4.75. The zero-order valence-corrected chi connectivity index (χ0v) is 9.34. The monoisotopic (exact) mass is 213 g/mol. The van der Waals surface area contributed by atoms with Crippen molar-refractivity contribution in [2.45, 2.75) is 19.9 Å². The Labute approximate surface area is 90.0 Å². The molecule has 0 spiro atoms. The minimum absolute atomic E-state index is 0.0892. The fourth-order valence-corrected chi connectivity index (χ4v) is 1.54. The van der Waals surface area contributed by atoms with Crippen molar-refractivity contribution in [3.05, 3.63) is 34.3 Å². The van der Waals surface area contributed by atoms with E-state index in [4.69, 9.17) is 22.1 Å². The third-order valence-corrected chi connectivity index (χ3v) is 2.62. The molecule has 0 aliphatic heterocycles. The van der Waals surface area contributed by atoms with Gasteiger partial charge in [0.25, 0.3) is 0 Å². The van der Waals surface area contributed by atoms with Crippen molar-refractivity contribution in [3.8, 4) is 0 Å². The van der Waals surface area contributed by atoms with Crippen LogP contribution in [-0.4, -0.2) is 13.2 Å². The van der Waals surface area contributed by atoms with Gasteiger partial charge < -0.3 is 10.5 Å². The highest BCUT2D eigenvalue weighted by molar-refractivity contribution is 6.31. The number of halogens is 1. The molecule has 0 radical (unpaired) electrons. The summed E-state index contributed by atoms with van der Waals surface area (Å²) in [5.74, 6) is 0. The van der Waals surface area contributed by atoms with E-state index in [1.165, 1.54) is 0 Å². The van der Waals surface area contributed by atoms with Crippen molar-refractivity contribution in [2.24, 2.45) is 5.73 Å². The number of hydrogen-bond donors (Lipinski definition) is 1. The molecule has 0 bridgehead atoms. The van der Waals surface area contributed by atoms with Crippen LogP contribution in [-0.2, 0) is 4.74 Å². The number of rotatable bonds is 4. The van der Waals surface area contributed by atoms with Gasteiger partial charge in [0.1, 0.15) is 0 Å². The molecule has 14 heavy (non-hydrogen) atoms. The van der Waals surface area contributed by atoms with Crippen molar-refractivity contribution in [2.75, 3.05) is 13.2 Å². The predicted molar refractivity (Wildman–Crippen MR) is 59.6 cm³/mol. The van der Waals surface area contributed by atoms with E-state index >= 15 is 0 Å². The summed E-state index contributed by atoms with van der Waals surface area (Å²) in [6.07, 6.45) is 0. The molecule has 0 aliphatic rings. The summed E-state index contributed by atoms with van der Waals surface area (Å²) in [6.45, 7) is 5.16. The lowest BCUT2D eigenvalue weighted by Gasteiger charge is -2.15. The maximum Gasteiger partial charge on any atom is 0.0659 e.